The van der Waals surface area contributed by atoms with Gasteiger partial charge in [0.1, 0.15) is 12.3 Å². The van der Waals surface area contributed by atoms with Crippen LogP contribution in [0.15, 0.2) is 12.3 Å². The number of anilines is 1. The third-order valence-electron chi connectivity index (χ3n) is 1.58. The number of aromatic nitrogens is 2. The van der Waals surface area contributed by atoms with Crippen molar-refractivity contribution < 1.29 is 13.9 Å². The number of rotatable bonds is 3. The van der Waals surface area contributed by atoms with Gasteiger partial charge in [0.25, 0.3) is 0 Å². The quantitative estimate of drug-likeness (QED) is 0.864. The number of amides is 1. The highest BCUT2D eigenvalue weighted by Gasteiger charge is 2.16. The molecular formula is C10H16FN3O2. The summed E-state index contributed by atoms with van der Waals surface area (Å²) in [5.74, 6) is 0.350. The van der Waals surface area contributed by atoms with Crippen molar-refractivity contribution in [2.75, 3.05) is 12.0 Å². The minimum atomic E-state index is -0.571. The molecule has 16 heavy (non-hydrogen) atoms. The lowest BCUT2D eigenvalue weighted by atomic mass is 10.2. The predicted molar refractivity (Wildman–Crippen MR) is 58.1 cm³/mol. The van der Waals surface area contributed by atoms with Crippen molar-refractivity contribution in [3.63, 3.8) is 0 Å². The fraction of sp³-hybridized carbons (Fsp3) is 0.600. The molecule has 0 bridgehead atoms. The van der Waals surface area contributed by atoms with Gasteiger partial charge >= 0.3 is 6.09 Å². The molecule has 0 spiro atoms. The first-order valence-corrected chi connectivity index (χ1v) is 5.00. The van der Waals surface area contributed by atoms with Gasteiger partial charge in [0, 0.05) is 12.3 Å². The van der Waals surface area contributed by atoms with Crippen molar-refractivity contribution in [3.05, 3.63) is 12.3 Å². The van der Waals surface area contributed by atoms with E-state index in [0.717, 1.165) is 0 Å². The van der Waals surface area contributed by atoms with E-state index in [9.17, 15) is 9.18 Å². The summed E-state index contributed by atoms with van der Waals surface area (Å²) in [7, 11) is 0. The van der Waals surface area contributed by atoms with Crippen LogP contribution in [0, 0.1) is 0 Å². The van der Waals surface area contributed by atoms with Crippen LogP contribution in [-0.4, -0.2) is 28.1 Å². The molecule has 0 aliphatic rings. The number of hydrogen-bond acceptors (Lipinski definition) is 3. The summed E-state index contributed by atoms with van der Waals surface area (Å²) in [6, 6.07) is 1.58. The van der Waals surface area contributed by atoms with Crippen molar-refractivity contribution in [1.29, 1.82) is 0 Å². The van der Waals surface area contributed by atoms with Gasteiger partial charge in [-0.2, -0.15) is 5.10 Å². The number of carbonyl (C=O) groups excluding carboxylic acids is 1. The molecule has 1 aromatic heterocycles. The van der Waals surface area contributed by atoms with Crippen molar-refractivity contribution in [1.82, 2.24) is 9.78 Å². The zero-order chi connectivity index (χ0) is 12.2. The van der Waals surface area contributed by atoms with Crippen LogP contribution in [0.2, 0.25) is 0 Å². The van der Waals surface area contributed by atoms with E-state index in [1.165, 1.54) is 4.68 Å². The van der Waals surface area contributed by atoms with Gasteiger partial charge in [0.05, 0.1) is 6.54 Å². The second-order valence-electron chi connectivity index (χ2n) is 4.28. The molecular weight excluding hydrogens is 213 g/mol. The molecule has 1 heterocycles. The monoisotopic (exact) mass is 229 g/mol. The third-order valence-corrected chi connectivity index (χ3v) is 1.58. The molecule has 1 aromatic rings. The maximum atomic E-state index is 12.0. The number of nitrogens with one attached hydrogen (secondary N) is 1. The summed E-state index contributed by atoms with van der Waals surface area (Å²) < 4.78 is 18.4. The highest BCUT2D eigenvalue weighted by Crippen LogP contribution is 2.09. The van der Waals surface area contributed by atoms with Gasteiger partial charge < -0.3 is 4.74 Å². The van der Waals surface area contributed by atoms with E-state index in [1.54, 1.807) is 33.0 Å². The minimum Gasteiger partial charge on any atom is -0.444 e. The lowest BCUT2D eigenvalue weighted by Gasteiger charge is -2.19. The van der Waals surface area contributed by atoms with E-state index in [4.69, 9.17) is 4.74 Å². The van der Waals surface area contributed by atoms with Gasteiger partial charge in [-0.25, -0.2) is 9.18 Å². The van der Waals surface area contributed by atoms with Crippen LogP contribution in [0.25, 0.3) is 0 Å². The fourth-order valence-corrected chi connectivity index (χ4v) is 1.05. The maximum Gasteiger partial charge on any atom is 0.413 e. The molecule has 0 unspecified atom stereocenters. The predicted octanol–water partition coefficient (Wildman–Crippen LogP) is 2.20. The van der Waals surface area contributed by atoms with Crippen molar-refractivity contribution in [2.24, 2.45) is 0 Å². The zero-order valence-corrected chi connectivity index (χ0v) is 9.66. The molecule has 6 heteroatoms. The minimum absolute atomic E-state index is 0.177. The number of halogens is 1. The standard InChI is InChI=1S/C10H16FN3O2/c1-10(2,3)16-9(15)12-8-4-6-14(13-8)7-5-11/h4,6H,5,7H2,1-3H3,(H,12,13,15). The molecule has 1 amide bonds. The number of ether oxygens (including phenoxy) is 1. The summed E-state index contributed by atoms with van der Waals surface area (Å²) >= 11 is 0. The van der Waals surface area contributed by atoms with E-state index in [0.29, 0.717) is 5.82 Å². The van der Waals surface area contributed by atoms with Gasteiger partial charge in [-0.1, -0.05) is 0 Å². The molecule has 5 nitrogen and oxygen atoms in total. The Kier molecular flexibility index (Phi) is 3.87. The maximum absolute atomic E-state index is 12.0. The Morgan fingerprint density at radius 2 is 2.31 bits per heavy atom. The van der Waals surface area contributed by atoms with E-state index >= 15 is 0 Å². The third kappa shape index (κ3) is 4.29. The first-order valence-electron chi connectivity index (χ1n) is 5.00. The number of nitrogens with zero attached hydrogens (tertiary/aromatic N) is 2. The van der Waals surface area contributed by atoms with Crippen molar-refractivity contribution in [3.8, 4) is 0 Å². The highest BCUT2D eigenvalue weighted by molar-refractivity contribution is 5.83. The molecule has 0 aromatic carbocycles. The SMILES string of the molecule is CC(C)(C)OC(=O)Nc1ccn(CCF)n1. The topological polar surface area (TPSA) is 56.1 Å². The van der Waals surface area contributed by atoms with Gasteiger partial charge in [-0.3, -0.25) is 10.00 Å². The lowest BCUT2D eigenvalue weighted by molar-refractivity contribution is 0.0635. The molecule has 0 atom stereocenters. The van der Waals surface area contributed by atoms with Crippen molar-refractivity contribution >= 4 is 11.9 Å². The Morgan fingerprint density at radius 3 is 2.88 bits per heavy atom. The number of aryl methyl sites for hydroxylation is 1. The Hall–Kier alpha value is -1.59. The summed E-state index contributed by atoms with van der Waals surface area (Å²) in [6.07, 6.45) is 1.02. The summed E-state index contributed by atoms with van der Waals surface area (Å²) in [5.41, 5.74) is -0.550. The first kappa shape index (κ1) is 12.5. The molecule has 1 rings (SSSR count). The normalized spacial score (nSPS) is 11.2. The van der Waals surface area contributed by atoms with E-state index in [2.05, 4.69) is 10.4 Å². The molecule has 90 valence electrons. The van der Waals surface area contributed by atoms with Crippen molar-refractivity contribution in [2.45, 2.75) is 32.9 Å². The average Bonchev–Trinajstić information content (AvgIpc) is 2.49. The molecule has 0 saturated heterocycles. The molecule has 0 fully saturated rings. The highest BCUT2D eigenvalue weighted by atomic mass is 19.1. The summed E-state index contributed by atoms with van der Waals surface area (Å²) in [6.45, 7) is 5.00. The molecule has 0 aliphatic heterocycles. The van der Waals surface area contributed by atoms with Crippen LogP contribution in [-0.2, 0) is 11.3 Å². The van der Waals surface area contributed by atoms with Gasteiger partial charge in [-0.05, 0) is 20.8 Å². The molecule has 0 aliphatic carbocycles. The van der Waals surface area contributed by atoms with Crippen LogP contribution < -0.4 is 5.32 Å². The summed E-state index contributed by atoms with van der Waals surface area (Å²) in [4.78, 5) is 11.3. The van der Waals surface area contributed by atoms with E-state index in [1.807, 2.05) is 0 Å². The molecule has 0 saturated carbocycles. The van der Waals surface area contributed by atoms with Crippen LogP contribution in [0.3, 0.4) is 0 Å². The fourth-order valence-electron chi connectivity index (χ4n) is 1.05. The van der Waals surface area contributed by atoms with Crippen LogP contribution in [0.5, 0.6) is 0 Å². The van der Waals surface area contributed by atoms with E-state index < -0.39 is 18.4 Å². The van der Waals surface area contributed by atoms with Gasteiger partial charge in [-0.15, -0.1) is 0 Å². The Bertz CT molecular complexity index is 357. The Balaban J connectivity index is 2.50. The lowest BCUT2D eigenvalue weighted by Crippen LogP contribution is -2.27. The number of hydrogen-bond donors (Lipinski definition) is 1. The molecule has 1 N–H and O–H groups in total. The second-order valence-corrected chi connectivity index (χ2v) is 4.28. The summed E-state index contributed by atoms with van der Waals surface area (Å²) in [5, 5.41) is 6.40. The first-order chi connectivity index (χ1) is 7.40. The smallest absolute Gasteiger partial charge is 0.413 e. The zero-order valence-electron chi connectivity index (χ0n) is 9.66. The average molecular weight is 229 g/mol. The number of alkyl halides is 1. The van der Waals surface area contributed by atoms with Crippen LogP contribution in [0.4, 0.5) is 15.0 Å². The van der Waals surface area contributed by atoms with Crippen LogP contribution >= 0.6 is 0 Å². The van der Waals surface area contributed by atoms with Crippen LogP contribution in [0.1, 0.15) is 20.8 Å². The Morgan fingerprint density at radius 1 is 1.62 bits per heavy atom. The second kappa shape index (κ2) is 4.96. The van der Waals surface area contributed by atoms with Gasteiger partial charge in [0.2, 0.25) is 0 Å². The Labute approximate surface area is 93.6 Å². The number of carbonyl (C=O) groups is 1. The van der Waals surface area contributed by atoms with E-state index in [-0.39, 0.29) is 6.54 Å². The largest absolute Gasteiger partial charge is 0.444 e. The molecule has 0 radical (unpaired) electrons. The van der Waals surface area contributed by atoms with Gasteiger partial charge in [0.15, 0.2) is 5.82 Å².